The van der Waals surface area contributed by atoms with Crippen LogP contribution in [0.4, 0.5) is 25.1 Å². The molecule has 2 aromatic rings. The van der Waals surface area contributed by atoms with Gasteiger partial charge in [0.2, 0.25) is 0 Å². The molecular weight excluding hydrogens is 345 g/mol. The van der Waals surface area contributed by atoms with Crippen molar-refractivity contribution in [2.45, 2.75) is 4.90 Å². The van der Waals surface area contributed by atoms with Crippen LogP contribution >= 0.6 is 10.2 Å². The number of hydrogen-bond donors (Lipinski definition) is 0. The number of nitrogens with zero attached hydrogens (tertiary/aromatic N) is 1. The van der Waals surface area contributed by atoms with Gasteiger partial charge in [0.1, 0.15) is 10.6 Å². The molecule has 0 aliphatic carbocycles. The summed E-state index contributed by atoms with van der Waals surface area (Å²) >= 11 is 0. The number of non-ortho nitro benzene ring substituents is 1. The van der Waals surface area contributed by atoms with E-state index in [1.54, 1.807) is 0 Å². The van der Waals surface area contributed by atoms with Crippen LogP contribution in [0.2, 0.25) is 0 Å². The number of methoxy groups -OCH3 is 1. The van der Waals surface area contributed by atoms with Crippen molar-refractivity contribution in [3.05, 3.63) is 52.6 Å². The molecule has 23 heavy (non-hydrogen) atoms. The monoisotopic (exact) mass is 355 g/mol. The second-order valence-electron chi connectivity index (χ2n) is 4.67. The van der Waals surface area contributed by atoms with Crippen LogP contribution in [-0.4, -0.2) is 12.0 Å². The minimum Gasteiger partial charge on any atom is -0.497 e. The molecule has 126 valence electrons. The number of hydrogen-bond acceptors (Lipinski definition) is 3. The van der Waals surface area contributed by atoms with E-state index in [4.69, 9.17) is 0 Å². The van der Waals surface area contributed by atoms with E-state index in [2.05, 4.69) is 4.74 Å². The Kier molecular flexibility index (Phi) is 3.38. The highest BCUT2D eigenvalue weighted by Crippen LogP contribution is 3.02. The maximum absolute atomic E-state index is 13.0. The molecular formula is C13H10F5NO3S. The van der Waals surface area contributed by atoms with Crippen molar-refractivity contribution < 1.29 is 29.1 Å². The summed E-state index contributed by atoms with van der Waals surface area (Å²) < 4.78 is 69.6. The fourth-order valence-corrected chi connectivity index (χ4v) is 2.54. The van der Waals surface area contributed by atoms with Gasteiger partial charge in [0, 0.05) is 18.2 Å². The summed E-state index contributed by atoms with van der Waals surface area (Å²) in [6.07, 6.45) is 0. The molecule has 0 unspecified atom stereocenters. The highest BCUT2D eigenvalue weighted by Gasteiger charge is 2.65. The second kappa shape index (κ2) is 4.57. The summed E-state index contributed by atoms with van der Waals surface area (Å²) in [5.41, 5.74) is -0.357. The van der Waals surface area contributed by atoms with Crippen molar-refractivity contribution in [1.29, 1.82) is 0 Å². The van der Waals surface area contributed by atoms with Crippen LogP contribution in [0.25, 0.3) is 11.1 Å². The molecule has 0 saturated carbocycles. The van der Waals surface area contributed by atoms with E-state index in [-0.39, 0.29) is 22.9 Å². The highest BCUT2D eigenvalue weighted by atomic mass is 32.5. The van der Waals surface area contributed by atoms with Crippen molar-refractivity contribution in [2.24, 2.45) is 0 Å². The SMILES string of the molecule is COc1cc(-c2ccc([N+](=O)[O-])cc2)cc(S(F)(F)(F)(F)F)c1. The second-order valence-corrected chi connectivity index (χ2v) is 7.08. The van der Waals surface area contributed by atoms with Crippen LogP contribution in [0.3, 0.4) is 0 Å². The summed E-state index contributed by atoms with van der Waals surface area (Å²) in [6.45, 7) is 0. The average molecular weight is 355 g/mol. The topological polar surface area (TPSA) is 52.4 Å². The minimum atomic E-state index is -9.88. The molecule has 2 aromatic carbocycles. The zero-order valence-electron chi connectivity index (χ0n) is 11.5. The van der Waals surface area contributed by atoms with Gasteiger partial charge in [0.05, 0.1) is 12.0 Å². The van der Waals surface area contributed by atoms with E-state index < -0.39 is 25.8 Å². The van der Waals surface area contributed by atoms with Crippen molar-refractivity contribution in [2.75, 3.05) is 7.11 Å². The van der Waals surface area contributed by atoms with Gasteiger partial charge in [-0.3, -0.25) is 10.1 Å². The van der Waals surface area contributed by atoms with Gasteiger partial charge in [0.25, 0.3) is 5.69 Å². The molecule has 0 aliphatic rings. The summed E-state index contributed by atoms with van der Waals surface area (Å²) in [5.74, 6) is -0.399. The van der Waals surface area contributed by atoms with Gasteiger partial charge in [0.15, 0.2) is 0 Å². The lowest BCUT2D eigenvalue weighted by atomic mass is 10.1. The van der Waals surface area contributed by atoms with E-state index in [0.717, 1.165) is 25.3 Å². The fourth-order valence-electron chi connectivity index (χ4n) is 1.85. The van der Waals surface area contributed by atoms with Crippen LogP contribution in [0.5, 0.6) is 5.75 Å². The Bertz CT molecular complexity index is 775. The number of rotatable bonds is 4. The van der Waals surface area contributed by atoms with E-state index in [0.29, 0.717) is 6.07 Å². The first-order chi connectivity index (χ1) is 10.3. The first kappa shape index (κ1) is 17.0. The summed E-state index contributed by atoms with van der Waals surface area (Å²) in [4.78, 5) is 7.79. The average Bonchev–Trinajstić information content (AvgIpc) is 2.44. The molecule has 0 aromatic heterocycles. The molecule has 0 radical (unpaired) electrons. The van der Waals surface area contributed by atoms with E-state index >= 15 is 0 Å². The molecule has 10 heteroatoms. The van der Waals surface area contributed by atoms with Crippen molar-refractivity contribution in [1.82, 2.24) is 0 Å². The first-order valence-electron chi connectivity index (χ1n) is 5.98. The van der Waals surface area contributed by atoms with Gasteiger partial charge in [-0.2, -0.15) is 0 Å². The van der Waals surface area contributed by atoms with Crippen LogP contribution in [0, 0.1) is 10.1 Å². The molecule has 0 fully saturated rings. The molecule has 0 spiro atoms. The Balaban J connectivity index is 2.62. The van der Waals surface area contributed by atoms with E-state index in [1.165, 1.54) is 12.1 Å². The van der Waals surface area contributed by atoms with E-state index in [9.17, 15) is 29.5 Å². The molecule has 0 heterocycles. The predicted octanol–water partition coefficient (Wildman–Crippen LogP) is 5.93. The third-order valence-electron chi connectivity index (χ3n) is 2.97. The molecule has 0 aliphatic heterocycles. The van der Waals surface area contributed by atoms with Crippen LogP contribution in [-0.2, 0) is 0 Å². The molecule has 0 N–H and O–H groups in total. The maximum Gasteiger partial charge on any atom is 0.310 e. The Morgan fingerprint density at radius 2 is 1.52 bits per heavy atom. The van der Waals surface area contributed by atoms with Gasteiger partial charge in [-0.25, -0.2) is 0 Å². The predicted molar refractivity (Wildman–Crippen MR) is 76.5 cm³/mol. The van der Waals surface area contributed by atoms with Gasteiger partial charge in [-0.05, 0) is 35.4 Å². The molecule has 4 nitrogen and oxygen atoms in total. The van der Waals surface area contributed by atoms with Gasteiger partial charge in [-0.1, -0.05) is 19.4 Å². The Morgan fingerprint density at radius 3 is 1.96 bits per heavy atom. The van der Waals surface area contributed by atoms with Crippen molar-refractivity contribution in [3.8, 4) is 16.9 Å². The zero-order valence-corrected chi connectivity index (χ0v) is 12.3. The number of halogens is 5. The largest absolute Gasteiger partial charge is 0.497 e. The quantitative estimate of drug-likeness (QED) is 0.388. The summed E-state index contributed by atoms with van der Waals surface area (Å²) in [6, 6.07) is 6.11. The third kappa shape index (κ3) is 3.89. The maximum atomic E-state index is 13.0. The lowest BCUT2D eigenvalue weighted by Gasteiger charge is -2.40. The Hall–Kier alpha value is -2.36. The zero-order chi connectivity index (χ0) is 17.5. The van der Waals surface area contributed by atoms with E-state index in [1.807, 2.05) is 0 Å². The smallest absolute Gasteiger partial charge is 0.310 e. The number of benzene rings is 2. The number of ether oxygens (including phenoxy) is 1. The lowest BCUT2D eigenvalue weighted by molar-refractivity contribution is -0.384. The number of nitro benzene ring substituents is 1. The van der Waals surface area contributed by atoms with Crippen LogP contribution in [0.15, 0.2) is 47.4 Å². The molecule has 0 amide bonds. The van der Waals surface area contributed by atoms with Crippen molar-refractivity contribution >= 4 is 15.9 Å². The summed E-state index contributed by atoms with van der Waals surface area (Å²) in [7, 11) is -8.83. The molecule has 0 saturated heterocycles. The number of nitro groups is 1. The van der Waals surface area contributed by atoms with Crippen molar-refractivity contribution in [3.63, 3.8) is 0 Å². The lowest BCUT2D eigenvalue weighted by Crippen LogP contribution is -2.06. The van der Waals surface area contributed by atoms with Crippen LogP contribution in [0.1, 0.15) is 0 Å². The molecule has 0 bridgehead atoms. The standard InChI is InChI=1S/C13H10F5NO3S/c1-22-12-6-10(7-13(8-12)23(14,15,16,17)18)9-2-4-11(5-3-9)19(20)21/h2-8H,1H3. The highest BCUT2D eigenvalue weighted by molar-refractivity contribution is 8.45. The fraction of sp³-hybridized carbons (Fsp3) is 0.0769. The van der Waals surface area contributed by atoms with Crippen LogP contribution < -0.4 is 4.74 Å². The van der Waals surface area contributed by atoms with Gasteiger partial charge in [-0.15, -0.1) is 0 Å². The first-order valence-corrected chi connectivity index (χ1v) is 7.93. The normalized spacial score (nSPS) is 14.7. The van der Waals surface area contributed by atoms with Gasteiger partial charge < -0.3 is 4.74 Å². The Labute approximate surface area is 127 Å². The summed E-state index contributed by atoms with van der Waals surface area (Å²) in [5, 5.41) is 10.6. The third-order valence-corrected chi connectivity index (χ3v) is 4.10. The molecule has 2 rings (SSSR count). The molecule has 0 atom stereocenters. The minimum absolute atomic E-state index is 0.109. The Morgan fingerprint density at radius 1 is 0.957 bits per heavy atom. The van der Waals surface area contributed by atoms with Gasteiger partial charge >= 0.3 is 10.2 Å².